The van der Waals surface area contributed by atoms with E-state index in [1.165, 1.54) is 20.9 Å². The molecule has 0 amide bonds. The van der Waals surface area contributed by atoms with Gasteiger partial charge in [0.05, 0.1) is 0 Å². The number of fused-ring (bicyclic) bond motifs is 3. The summed E-state index contributed by atoms with van der Waals surface area (Å²) < 4.78 is 0. The van der Waals surface area contributed by atoms with Crippen LogP contribution in [0.1, 0.15) is 74.9 Å². The summed E-state index contributed by atoms with van der Waals surface area (Å²) in [4.78, 5) is 6.15. The van der Waals surface area contributed by atoms with Gasteiger partial charge in [-0.25, -0.2) is 0 Å². The van der Waals surface area contributed by atoms with Crippen molar-refractivity contribution in [3.8, 4) is 11.1 Å². The molecule has 2 aromatic rings. The largest absolute Gasteiger partial charge is 0.143 e. The van der Waals surface area contributed by atoms with Gasteiger partial charge in [0, 0.05) is 24.9 Å². The van der Waals surface area contributed by atoms with Crippen molar-refractivity contribution in [2.45, 2.75) is 71.6 Å². The summed E-state index contributed by atoms with van der Waals surface area (Å²) in [7, 11) is 0. The zero-order valence-electron chi connectivity index (χ0n) is 14.5. The molecule has 0 radical (unpaired) electrons. The molecule has 21 heavy (non-hydrogen) atoms. The topological polar surface area (TPSA) is 0 Å². The first-order chi connectivity index (χ1) is 9.42. The van der Waals surface area contributed by atoms with Crippen molar-refractivity contribution in [3.63, 3.8) is 0 Å². The van der Waals surface area contributed by atoms with Gasteiger partial charge in [0.2, 0.25) is 0 Å². The van der Waals surface area contributed by atoms with E-state index in [1.807, 2.05) is 22.7 Å². The summed E-state index contributed by atoms with van der Waals surface area (Å²) in [5, 5.41) is 0. The predicted molar refractivity (Wildman–Crippen MR) is 97.2 cm³/mol. The van der Waals surface area contributed by atoms with Crippen molar-refractivity contribution in [1.82, 2.24) is 0 Å². The van der Waals surface area contributed by atoms with Gasteiger partial charge in [-0.1, -0.05) is 55.4 Å². The van der Waals surface area contributed by atoms with Gasteiger partial charge in [-0.15, -0.1) is 22.7 Å². The zero-order chi connectivity index (χ0) is 15.8. The van der Waals surface area contributed by atoms with Crippen LogP contribution >= 0.6 is 22.7 Å². The van der Waals surface area contributed by atoms with Gasteiger partial charge in [0.15, 0.2) is 0 Å². The lowest BCUT2D eigenvalue weighted by Gasteiger charge is -2.21. The van der Waals surface area contributed by atoms with E-state index in [-0.39, 0.29) is 16.2 Å². The standard InChI is InChI=1S/C19H26S2/c1-17(2,3)13-9-11-12-10-14(18(4,5)6)21-16(12)19(7,8)15(11)20-13/h9-10H,1-8H3. The van der Waals surface area contributed by atoms with Gasteiger partial charge in [-0.2, -0.15) is 0 Å². The van der Waals surface area contributed by atoms with Crippen LogP contribution in [0.25, 0.3) is 11.1 Å². The second kappa shape index (κ2) is 4.23. The van der Waals surface area contributed by atoms with E-state index in [2.05, 4.69) is 67.5 Å². The minimum atomic E-state index is 0.174. The second-order valence-corrected chi connectivity index (χ2v) is 10.9. The first-order valence-corrected chi connectivity index (χ1v) is 9.35. The Morgan fingerprint density at radius 3 is 1.33 bits per heavy atom. The molecule has 2 heterocycles. The molecule has 114 valence electrons. The fraction of sp³-hybridized carbons (Fsp3) is 0.579. The highest BCUT2D eigenvalue weighted by molar-refractivity contribution is 7.15. The third-order valence-electron chi connectivity index (χ3n) is 4.37. The van der Waals surface area contributed by atoms with E-state index < -0.39 is 0 Å². The van der Waals surface area contributed by atoms with Crippen LogP contribution in [0.2, 0.25) is 0 Å². The van der Waals surface area contributed by atoms with Gasteiger partial charge < -0.3 is 0 Å². The monoisotopic (exact) mass is 318 g/mol. The highest BCUT2D eigenvalue weighted by Crippen LogP contribution is 2.57. The van der Waals surface area contributed by atoms with Crippen molar-refractivity contribution in [3.05, 3.63) is 31.6 Å². The molecule has 0 unspecified atom stereocenters. The first-order valence-electron chi connectivity index (χ1n) is 7.72. The van der Waals surface area contributed by atoms with Crippen molar-refractivity contribution >= 4 is 22.7 Å². The van der Waals surface area contributed by atoms with Crippen LogP contribution in [0.3, 0.4) is 0 Å². The maximum Gasteiger partial charge on any atom is 0.0346 e. The van der Waals surface area contributed by atoms with Crippen LogP contribution < -0.4 is 0 Å². The van der Waals surface area contributed by atoms with Gasteiger partial charge >= 0.3 is 0 Å². The quantitative estimate of drug-likeness (QED) is 0.506. The Morgan fingerprint density at radius 1 is 0.714 bits per heavy atom. The molecule has 1 aliphatic rings. The Bertz CT molecular complexity index is 637. The highest BCUT2D eigenvalue weighted by Gasteiger charge is 2.41. The molecule has 0 nitrogen and oxygen atoms in total. The number of hydrogen-bond donors (Lipinski definition) is 0. The molecule has 3 rings (SSSR count). The predicted octanol–water partition coefficient (Wildman–Crippen LogP) is 6.71. The first kappa shape index (κ1) is 15.3. The van der Waals surface area contributed by atoms with E-state index in [0.29, 0.717) is 0 Å². The minimum Gasteiger partial charge on any atom is -0.143 e. The third kappa shape index (κ3) is 2.22. The molecule has 0 aliphatic heterocycles. The summed E-state index contributed by atoms with van der Waals surface area (Å²) in [6, 6.07) is 4.90. The Hall–Kier alpha value is -0.600. The molecule has 0 atom stereocenters. The highest BCUT2D eigenvalue weighted by atomic mass is 32.1. The van der Waals surface area contributed by atoms with E-state index in [9.17, 15) is 0 Å². The van der Waals surface area contributed by atoms with Crippen LogP contribution in [-0.2, 0) is 16.2 Å². The fourth-order valence-corrected chi connectivity index (χ4v) is 5.70. The summed E-state index contributed by atoms with van der Waals surface area (Å²) in [5.74, 6) is 0. The van der Waals surface area contributed by atoms with Gasteiger partial charge in [0.1, 0.15) is 0 Å². The number of rotatable bonds is 0. The third-order valence-corrected chi connectivity index (χ3v) is 8.14. The summed E-state index contributed by atoms with van der Waals surface area (Å²) >= 11 is 4.03. The lowest BCUT2D eigenvalue weighted by molar-refractivity contribution is 0.603. The van der Waals surface area contributed by atoms with Crippen molar-refractivity contribution in [1.29, 1.82) is 0 Å². The van der Waals surface area contributed by atoms with Gasteiger partial charge in [0.25, 0.3) is 0 Å². The molecule has 1 aliphatic carbocycles. The maximum absolute atomic E-state index is 2.45. The lowest BCUT2D eigenvalue weighted by Crippen LogP contribution is -2.13. The SMILES string of the molecule is CC(C)(C)c1cc2c(s1)C(C)(C)c1sc(C(C)(C)C)cc1-2. The second-order valence-electron chi connectivity index (χ2n) is 8.83. The molecule has 0 saturated carbocycles. The molecule has 0 saturated heterocycles. The molecule has 0 spiro atoms. The summed E-state index contributed by atoms with van der Waals surface area (Å²) in [6.07, 6.45) is 0. The van der Waals surface area contributed by atoms with Crippen LogP contribution in [0.15, 0.2) is 12.1 Å². The van der Waals surface area contributed by atoms with Crippen molar-refractivity contribution in [2.75, 3.05) is 0 Å². The van der Waals surface area contributed by atoms with Crippen molar-refractivity contribution in [2.24, 2.45) is 0 Å². The minimum absolute atomic E-state index is 0.174. The molecule has 2 aromatic heterocycles. The molecular formula is C19H26S2. The average molecular weight is 319 g/mol. The zero-order valence-corrected chi connectivity index (χ0v) is 16.1. The van der Waals surface area contributed by atoms with Crippen LogP contribution in [0.5, 0.6) is 0 Å². The smallest absolute Gasteiger partial charge is 0.0346 e. The van der Waals surface area contributed by atoms with Crippen molar-refractivity contribution < 1.29 is 0 Å². The average Bonchev–Trinajstić information content (AvgIpc) is 2.94. The number of thiophene rings is 2. The normalized spacial score (nSPS) is 17.0. The van der Waals surface area contributed by atoms with E-state index in [1.54, 1.807) is 9.75 Å². The Kier molecular flexibility index (Phi) is 3.08. The molecular weight excluding hydrogens is 292 g/mol. The molecule has 0 fully saturated rings. The molecule has 2 heteroatoms. The van der Waals surface area contributed by atoms with Gasteiger partial charge in [-0.05, 0) is 34.1 Å². The van der Waals surface area contributed by atoms with E-state index in [0.717, 1.165) is 0 Å². The molecule has 0 aromatic carbocycles. The Balaban J connectivity index is 2.21. The van der Waals surface area contributed by atoms with Crippen LogP contribution in [-0.4, -0.2) is 0 Å². The van der Waals surface area contributed by atoms with E-state index in [4.69, 9.17) is 0 Å². The van der Waals surface area contributed by atoms with Crippen LogP contribution in [0.4, 0.5) is 0 Å². The fourth-order valence-electron chi connectivity index (χ4n) is 2.95. The Morgan fingerprint density at radius 2 is 1.05 bits per heavy atom. The van der Waals surface area contributed by atoms with Gasteiger partial charge in [-0.3, -0.25) is 0 Å². The lowest BCUT2D eigenvalue weighted by atomic mass is 9.92. The molecule has 0 bridgehead atoms. The molecule has 0 N–H and O–H groups in total. The van der Waals surface area contributed by atoms with E-state index >= 15 is 0 Å². The summed E-state index contributed by atoms with van der Waals surface area (Å²) in [6.45, 7) is 18.7. The maximum atomic E-state index is 2.45. The Labute approximate surface area is 137 Å². The summed E-state index contributed by atoms with van der Waals surface area (Å²) in [5.41, 5.74) is 3.66. The van der Waals surface area contributed by atoms with Crippen LogP contribution in [0, 0.1) is 0 Å². The number of hydrogen-bond acceptors (Lipinski definition) is 2.